The Kier molecular flexibility index (Phi) is 4.64. The number of carbonyl (C=O) groups excluding carboxylic acids is 1. The SMILES string of the molecule is COC(=O)C1=Cc2cc(Cl)ccc2SC1c1ccc(OC)cc1. The molecule has 2 aromatic rings. The summed E-state index contributed by atoms with van der Waals surface area (Å²) in [4.78, 5) is 13.3. The molecule has 1 aliphatic rings. The number of methoxy groups -OCH3 is 2. The van der Waals surface area contributed by atoms with Crippen LogP contribution >= 0.6 is 23.4 Å². The first-order valence-corrected chi connectivity index (χ1v) is 8.28. The zero-order valence-corrected chi connectivity index (χ0v) is 14.3. The van der Waals surface area contributed by atoms with Gasteiger partial charge in [-0.15, -0.1) is 11.8 Å². The Labute approximate surface area is 144 Å². The van der Waals surface area contributed by atoms with Crippen molar-refractivity contribution in [2.24, 2.45) is 0 Å². The van der Waals surface area contributed by atoms with E-state index in [0.29, 0.717) is 10.6 Å². The molecule has 1 unspecified atom stereocenters. The number of halogens is 1. The molecule has 0 saturated carbocycles. The van der Waals surface area contributed by atoms with E-state index in [1.54, 1.807) is 18.9 Å². The van der Waals surface area contributed by atoms with Crippen molar-refractivity contribution in [3.63, 3.8) is 0 Å². The fourth-order valence-electron chi connectivity index (χ4n) is 2.48. The van der Waals surface area contributed by atoms with Crippen LogP contribution in [0.4, 0.5) is 0 Å². The third kappa shape index (κ3) is 3.23. The molecule has 23 heavy (non-hydrogen) atoms. The highest BCUT2D eigenvalue weighted by molar-refractivity contribution is 8.00. The van der Waals surface area contributed by atoms with Gasteiger partial charge in [-0.2, -0.15) is 0 Å². The van der Waals surface area contributed by atoms with E-state index >= 15 is 0 Å². The Morgan fingerprint density at radius 3 is 2.52 bits per heavy atom. The fraction of sp³-hybridized carbons (Fsp3) is 0.167. The summed E-state index contributed by atoms with van der Waals surface area (Å²) < 4.78 is 10.1. The minimum Gasteiger partial charge on any atom is -0.497 e. The summed E-state index contributed by atoms with van der Waals surface area (Å²) in [6.07, 6.45) is 1.86. The van der Waals surface area contributed by atoms with Gasteiger partial charge in [-0.3, -0.25) is 0 Å². The number of rotatable bonds is 3. The van der Waals surface area contributed by atoms with Crippen molar-refractivity contribution in [2.75, 3.05) is 14.2 Å². The van der Waals surface area contributed by atoms with Crippen LogP contribution in [-0.2, 0) is 9.53 Å². The second-order valence-electron chi connectivity index (χ2n) is 5.04. The smallest absolute Gasteiger partial charge is 0.335 e. The Morgan fingerprint density at radius 1 is 1.13 bits per heavy atom. The molecule has 0 aliphatic carbocycles. The quantitative estimate of drug-likeness (QED) is 0.751. The molecule has 0 N–H and O–H groups in total. The lowest BCUT2D eigenvalue weighted by Crippen LogP contribution is -2.14. The van der Waals surface area contributed by atoms with Crippen molar-refractivity contribution in [3.8, 4) is 5.75 Å². The van der Waals surface area contributed by atoms with E-state index in [0.717, 1.165) is 21.8 Å². The number of esters is 1. The summed E-state index contributed by atoms with van der Waals surface area (Å²) in [6.45, 7) is 0. The second kappa shape index (κ2) is 6.69. The van der Waals surface area contributed by atoms with Crippen molar-refractivity contribution in [3.05, 3.63) is 64.2 Å². The van der Waals surface area contributed by atoms with E-state index in [4.69, 9.17) is 21.1 Å². The molecule has 0 saturated heterocycles. The van der Waals surface area contributed by atoms with Crippen LogP contribution in [0.25, 0.3) is 6.08 Å². The molecule has 3 nitrogen and oxygen atoms in total. The van der Waals surface area contributed by atoms with Crippen LogP contribution in [-0.4, -0.2) is 20.2 Å². The third-order valence-electron chi connectivity index (χ3n) is 3.65. The van der Waals surface area contributed by atoms with Crippen molar-refractivity contribution in [1.29, 1.82) is 0 Å². The van der Waals surface area contributed by atoms with Gasteiger partial charge >= 0.3 is 5.97 Å². The number of ether oxygens (including phenoxy) is 2. The van der Waals surface area contributed by atoms with Crippen LogP contribution in [0, 0.1) is 0 Å². The van der Waals surface area contributed by atoms with Gasteiger partial charge in [-0.05, 0) is 47.5 Å². The van der Waals surface area contributed by atoms with Gasteiger partial charge in [0.2, 0.25) is 0 Å². The molecule has 0 amide bonds. The molecule has 5 heteroatoms. The molecule has 0 spiro atoms. The predicted octanol–water partition coefficient (Wildman–Crippen LogP) is 4.75. The minimum absolute atomic E-state index is 0.123. The molecule has 0 bridgehead atoms. The highest BCUT2D eigenvalue weighted by Gasteiger charge is 2.29. The van der Waals surface area contributed by atoms with Crippen molar-refractivity contribution >= 4 is 35.4 Å². The zero-order valence-electron chi connectivity index (χ0n) is 12.7. The number of hydrogen-bond donors (Lipinski definition) is 0. The number of fused-ring (bicyclic) bond motifs is 1. The topological polar surface area (TPSA) is 35.5 Å². The maximum atomic E-state index is 12.2. The lowest BCUT2D eigenvalue weighted by molar-refractivity contribution is -0.136. The number of carbonyl (C=O) groups is 1. The average Bonchev–Trinajstić information content (AvgIpc) is 2.60. The molecule has 0 aromatic heterocycles. The number of hydrogen-bond acceptors (Lipinski definition) is 4. The maximum Gasteiger partial charge on any atom is 0.335 e. The Hall–Kier alpha value is -1.91. The van der Waals surface area contributed by atoms with E-state index in [1.807, 2.05) is 48.5 Å². The predicted molar refractivity (Wildman–Crippen MR) is 93.0 cm³/mol. The zero-order chi connectivity index (χ0) is 16.4. The first-order valence-electron chi connectivity index (χ1n) is 7.02. The molecular formula is C18H15ClO3S. The standard InChI is InChI=1S/C18H15ClO3S/c1-21-14-6-3-11(4-7-14)17-15(18(20)22-2)10-12-9-13(19)5-8-16(12)23-17/h3-10,17H,1-2H3. The van der Waals surface area contributed by atoms with Gasteiger partial charge in [0.1, 0.15) is 5.75 Å². The summed E-state index contributed by atoms with van der Waals surface area (Å²) in [7, 11) is 3.02. The Balaban J connectivity index is 2.05. The van der Waals surface area contributed by atoms with E-state index in [9.17, 15) is 4.79 Å². The van der Waals surface area contributed by atoms with Gasteiger partial charge in [0, 0.05) is 9.92 Å². The highest BCUT2D eigenvalue weighted by atomic mass is 35.5. The molecule has 118 valence electrons. The van der Waals surface area contributed by atoms with Crippen LogP contribution in [0.1, 0.15) is 16.4 Å². The molecule has 0 radical (unpaired) electrons. The van der Waals surface area contributed by atoms with Crippen LogP contribution < -0.4 is 4.74 Å². The monoisotopic (exact) mass is 346 g/mol. The first kappa shape index (κ1) is 16.0. The normalized spacial score (nSPS) is 16.3. The van der Waals surface area contributed by atoms with E-state index in [2.05, 4.69) is 0 Å². The molecule has 0 fully saturated rings. The van der Waals surface area contributed by atoms with Crippen molar-refractivity contribution in [1.82, 2.24) is 0 Å². The van der Waals surface area contributed by atoms with Gasteiger partial charge in [0.25, 0.3) is 0 Å². The lowest BCUT2D eigenvalue weighted by Gasteiger charge is -2.24. The van der Waals surface area contributed by atoms with Crippen LogP contribution in [0.3, 0.4) is 0 Å². The number of thioether (sulfide) groups is 1. The van der Waals surface area contributed by atoms with Crippen LogP contribution in [0.15, 0.2) is 52.9 Å². The molecule has 2 aromatic carbocycles. The van der Waals surface area contributed by atoms with E-state index in [-0.39, 0.29) is 11.2 Å². The second-order valence-corrected chi connectivity index (χ2v) is 6.63. The molecular weight excluding hydrogens is 332 g/mol. The third-order valence-corrected chi connectivity index (χ3v) is 5.27. The van der Waals surface area contributed by atoms with Gasteiger partial charge < -0.3 is 9.47 Å². The summed E-state index contributed by atoms with van der Waals surface area (Å²) in [5, 5.41) is 0.523. The van der Waals surface area contributed by atoms with Crippen molar-refractivity contribution < 1.29 is 14.3 Å². The summed E-state index contributed by atoms with van der Waals surface area (Å²) in [5.74, 6) is 0.453. The van der Waals surface area contributed by atoms with Crippen LogP contribution in [0.5, 0.6) is 5.75 Å². The Morgan fingerprint density at radius 2 is 1.87 bits per heavy atom. The summed E-state index contributed by atoms with van der Waals surface area (Å²) >= 11 is 7.67. The maximum absolute atomic E-state index is 12.2. The van der Waals surface area contributed by atoms with E-state index in [1.165, 1.54) is 7.11 Å². The minimum atomic E-state index is -0.330. The highest BCUT2D eigenvalue weighted by Crippen LogP contribution is 2.47. The molecule has 3 rings (SSSR count). The largest absolute Gasteiger partial charge is 0.497 e. The van der Waals surface area contributed by atoms with Crippen molar-refractivity contribution in [2.45, 2.75) is 10.1 Å². The number of benzene rings is 2. The molecule has 1 heterocycles. The van der Waals surface area contributed by atoms with Crippen LogP contribution in [0.2, 0.25) is 5.02 Å². The van der Waals surface area contributed by atoms with Gasteiger partial charge in [0.05, 0.1) is 25.0 Å². The molecule has 1 aliphatic heterocycles. The molecule has 1 atom stereocenters. The average molecular weight is 347 g/mol. The summed E-state index contributed by atoms with van der Waals surface area (Å²) in [6, 6.07) is 13.4. The summed E-state index contributed by atoms with van der Waals surface area (Å²) in [5.41, 5.74) is 2.57. The fourth-order valence-corrected chi connectivity index (χ4v) is 3.90. The first-order chi connectivity index (χ1) is 11.1. The van der Waals surface area contributed by atoms with Gasteiger partial charge in [0.15, 0.2) is 0 Å². The Bertz CT molecular complexity index is 768. The van der Waals surface area contributed by atoms with Gasteiger partial charge in [-0.25, -0.2) is 4.79 Å². The van der Waals surface area contributed by atoms with E-state index < -0.39 is 0 Å². The lowest BCUT2D eigenvalue weighted by atomic mass is 10.0. The van der Waals surface area contributed by atoms with Gasteiger partial charge in [-0.1, -0.05) is 23.7 Å².